The van der Waals surface area contributed by atoms with Crippen molar-refractivity contribution in [3.8, 4) is 0 Å². The highest BCUT2D eigenvalue weighted by Gasteiger charge is 2.62. The third kappa shape index (κ3) is 2.14. The number of benzene rings is 2. The van der Waals surface area contributed by atoms with Gasteiger partial charge in [-0.25, -0.2) is 4.79 Å². The number of carbonyl (C=O) groups excluding carboxylic acids is 1. The molecule has 132 valence electrons. The predicted molar refractivity (Wildman–Crippen MR) is 96.7 cm³/mol. The van der Waals surface area contributed by atoms with Crippen molar-refractivity contribution >= 4 is 11.9 Å². The Morgan fingerprint density at radius 2 is 1.69 bits per heavy atom. The topological polar surface area (TPSA) is 57.6 Å². The molecule has 2 aromatic carbocycles. The Morgan fingerprint density at radius 1 is 1.00 bits per heavy atom. The van der Waals surface area contributed by atoms with Gasteiger partial charge in [-0.15, -0.1) is 0 Å². The van der Waals surface area contributed by atoms with Crippen molar-refractivity contribution in [1.82, 2.24) is 4.90 Å². The molecule has 1 aliphatic heterocycles. The summed E-state index contributed by atoms with van der Waals surface area (Å²) >= 11 is 0. The number of hydrogen-bond donors (Lipinski definition) is 1. The van der Waals surface area contributed by atoms with E-state index in [2.05, 4.69) is 18.2 Å². The molecule has 26 heavy (non-hydrogen) atoms. The van der Waals surface area contributed by atoms with E-state index in [1.807, 2.05) is 30.3 Å². The lowest BCUT2D eigenvalue weighted by Gasteiger charge is -2.35. The first-order chi connectivity index (χ1) is 12.6. The van der Waals surface area contributed by atoms with Crippen LogP contribution < -0.4 is 0 Å². The molecular weight excluding hydrogens is 326 g/mol. The molecule has 1 spiro atoms. The van der Waals surface area contributed by atoms with Gasteiger partial charge in [0.25, 0.3) is 0 Å². The van der Waals surface area contributed by atoms with Crippen LogP contribution in [0.2, 0.25) is 0 Å². The third-order valence-corrected chi connectivity index (χ3v) is 6.58. The number of nitrogens with zero attached hydrogens (tertiary/aromatic N) is 1. The summed E-state index contributed by atoms with van der Waals surface area (Å²) < 4.78 is 0. The molecule has 5 rings (SSSR count). The zero-order chi connectivity index (χ0) is 17.9. The maximum atomic E-state index is 13.3. The number of hydrogen-bond acceptors (Lipinski definition) is 2. The van der Waals surface area contributed by atoms with Crippen molar-refractivity contribution in [3.63, 3.8) is 0 Å². The minimum atomic E-state index is -0.908. The molecule has 1 amide bonds. The first kappa shape index (κ1) is 15.6. The molecule has 0 saturated heterocycles. The normalized spacial score (nSPS) is 28.5. The molecule has 0 bridgehead atoms. The summed E-state index contributed by atoms with van der Waals surface area (Å²) in [5, 5.41) is 9.71. The number of carboxylic acid groups (broad SMARTS) is 1. The van der Waals surface area contributed by atoms with Gasteiger partial charge in [-0.2, -0.15) is 0 Å². The van der Waals surface area contributed by atoms with Gasteiger partial charge in [-0.05, 0) is 41.5 Å². The Kier molecular flexibility index (Phi) is 3.27. The summed E-state index contributed by atoms with van der Waals surface area (Å²) in [5.41, 5.74) is 4.72. The van der Waals surface area contributed by atoms with E-state index in [1.165, 1.54) is 11.1 Å². The number of rotatable bonds is 2. The van der Waals surface area contributed by atoms with Crippen molar-refractivity contribution in [2.45, 2.75) is 43.7 Å². The zero-order valence-electron chi connectivity index (χ0n) is 14.5. The maximum absolute atomic E-state index is 13.3. The van der Waals surface area contributed by atoms with Crippen LogP contribution in [0.15, 0.2) is 48.5 Å². The average Bonchev–Trinajstić information content (AvgIpc) is 3.28. The van der Waals surface area contributed by atoms with Gasteiger partial charge in [0.1, 0.15) is 6.04 Å². The Hall–Kier alpha value is -2.62. The highest BCUT2D eigenvalue weighted by molar-refractivity contribution is 5.89. The smallest absolute Gasteiger partial charge is 0.326 e. The van der Waals surface area contributed by atoms with Crippen LogP contribution in [-0.4, -0.2) is 27.9 Å². The molecule has 3 unspecified atom stereocenters. The minimum Gasteiger partial charge on any atom is -0.480 e. The summed E-state index contributed by atoms with van der Waals surface area (Å²) in [5.74, 6) is -0.962. The van der Waals surface area contributed by atoms with Crippen molar-refractivity contribution in [1.29, 1.82) is 0 Å². The highest BCUT2D eigenvalue weighted by atomic mass is 16.4. The van der Waals surface area contributed by atoms with Gasteiger partial charge >= 0.3 is 5.97 Å². The molecule has 1 saturated carbocycles. The van der Waals surface area contributed by atoms with Crippen LogP contribution in [0, 0.1) is 5.92 Å². The van der Waals surface area contributed by atoms with E-state index >= 15 is 0 Å². The fraction of sp³-hybridized carbons (Fsp3) is 0.364. The molecule has 2 aromatic rings. The van der Waals surface area contributed by atoms with E-state index in [-0.39, 0.29) is 17.2 Å². The van der Waals surface area contributed by atoms with Crippen molar-refractivity contribution in [2.75, 3.05) is 0 Å². The molecule has 3 aliphatic rings. The quantitative estimate of drug-likeness (QED) is 0.909. The fourth-order valence-corrected chi connectivity index (χ4v) is 5.09. The number of aryl methyl sites for hydroxylation is 1. The summed E-state index contributed by atoms with van der Waals surface area (Å²) in [7, 11) is 0. The van der Waals surface area contributed by atoms with Crippen molar-refractivity contribution in [3.05, 3.63) is 70.8 Å². The minimum absolute atomic E-state index is 0.0172. The second-order valence-electron chi connectivity index (χ2n) is 7.86. The van der Waals surface area contributed by atoms with Crippen LogP contribution in [0.4, 0.5) is 0 Å². The molecule has 0 aromatic heterocycles. The molecule has 4 heteroatoms. The second-order valence-corrected chi connectivity index (χ2v) is 7.86. The van der Waals surface area contributed by atoms with E-state index in [4.69, 9.17) is 0 Å². The van der Waals surface area contributed by atoms with E-state index in [0.29, 0.717) is 13.0 Å². The van der Waals surface area contributed by atoms with E-state index in [9.17, 15) is 14.7 Å². The number of aliphatic carboxylic acids is 1. The van der Waals surface area contributed by atoms with Gasteiger partial charge in [-0.1, -0.05) is 48.5 Å². The lowest BCUT2D eigenvalue weighted by Crippen LogP contribution is -2.49. The molecular formula is C22H21NO3. The summed E-state index contributed by atoms with van der Waals surface area (Å²) in [6, 6.07) is 15.5. The molecule has 1 N–H and O–H groups in total. The second kappa shape index (κ2) is 5.44. The van der Waals surface area contributed by atoms with Gasteiger partial charge in [0.05, 0.1) is 0 Å². The fourth-order valence-electron chi connectivity index (χ4n) is 5.09. The largest absolute Gasteiger partial charge is 0.480 e. The molecule has 0 radical (unpaired) electrons. The lowest BCUT2D eigenvalue weighted by molar-refractivity contribution is -0.152. The maximum Gasteiger partial charge on any atom is 0.326 e. The highest BCUT2D eigenvalue weighted by Crippen LogP contribution is 2.62. The Labute approximate surface area is 152 Å². The van der Waals surface area contributed by atoms with E-state index < -0.39 is 12.0 Å². The van der Waals surface area contributed by atoms with Crippen LogP contribution in [0.25, 0.3) is 0 Å². The third-order valence-electron chi connectivity index (χ3n) is 6.58. The Morgan fingerprint density at radius 3 is 2.46 bits per heavy atom. The first-order valence-electron chi connectivity index (χ1n) is 9.28. The number of fused-ring (bicyclic) bond motifs is 3. The van der Waals surface area contributed by atoms with Crippen LogP contribution in [0.1, 0.15) is 35.1 Å². The number of carbonyl (C=O) groups is 2. The summed E-state index contributed by atoms with van der Waals surface area (Å²) in [6.45, 7) is 0.403. The van der Waals surface area contributed by atoms with Gasteiger partial charge in [0.2, 0.25) is 5.91 Å². The first-order valence-corrected chi connectivity index (χ1v) is 9.28. The lowest BCUT2D eigenvalue weighted by atomic mass is 9.91. The average molecular weight is 347 g/mol. The van der Waals surface area contributed by atoms with Crippen molar-refractivity contribution < 1.29 is 14.7 Å². The molecule has 1 fully saturated rings. The van der Waals surface area contributed by atoms with E-state index in [1.54, 1.807) is 4.90 Å². The molecule has 2 aliphatic carbocycles. The van der Waals surface area contributed by atoms with Gasteiger partial charge in [0, 0.05) is 24.3 Å². The number of amides is 1. The SMILES string of the molecule is O=C(O)C1Cc2ccccc2CN1C(=O)C1CC12CCc1ccccc12. The van der Waals surface area contributed by atoms with Crippen molar-refractivity contribution in [2.24, 2.45) is 5.92 Å². The Balaban J connectivity index is 1.45. The van der Waals surface area contributed by atoms with Gasteiger partial charge in [0.15, 0.2) is 0 Å². The van der Waals surface area contributed by atoms with Gasteiger partial charge < -0.3 is 10.0 Å². The summed E-state index contributed by atoms with van der Waals surface area (Å²) in [6.07, 6.45) is 3.27. The van der Waals surface area contributed by atoms with Crippen LogP contribution in [0.3, 0.4) is 0 Å². The molecule has 3 atom stereocenters. The van der Waals surface area contributed by atoms with Crippen LogP contribution >= 0.6 is 0 Å². The monoisotopic (exact) mass is 347 g/mol. The Bertz CT molecular complexity index is 921. The van der Waals surface area contributed by atoms with Gasteiger partial charge in [-0.3, -0.25) is 4.79 Å². The number of carboxylic acids is 1. The van der Waals surface area contributed by atoms with Crippen LogP contribution in [-0.2, 0) is 34.4 Å². The molecule has 4 nitrogen and oxygen atoms in total. The molecule has 1 heterocycles. The van der Waals surface area contributed by atoms with Crippen LogP contribution in [0.5, 0.6) is 0 Å². The summed E-state index contributed by atoms with van der Waals surface area (Å²) in [4.78, 5) is 26.8. The predicted octanol–water partition coefficient (Wildman–Crippen LogP) is 2.93. The zero-order valence-corrected chi connectivity index (χ0v) is 14.5. The standard InChI is InChI=1S/C22H21NO3/c24-20(18-12-22(18)10-9-14-5-3-4-8-17(14)22)23-13-16-7-2-1-6-15(16)11-19(23)21(25)26/h1-8,18-19H,9-13H2,(H,25,26). The van der Waals surface area contributed by atoms with E-state index in [0.717, 1.165) is 30.4 Å².